The van der Waals surface area contributed by atoms with E-state index in [9.17, 15) is 35.4 Å². The van der Waals surface area contributed by atoms with Crippen molar-refractivity contribution in [1.29, 1.82) is 0 Å². The molecule has 0 fully saturated rings. The highest BCUT2D eigenvalue weighted by Crippen LogP contribution is 2.36. The Morgan fingerprint density at radius 1 is 0.742 bits per heavy atom. The lowest BCUT2D eigenvalue weighted by Gasteiger charge is -2.06. The Hall–Kier alpha value is -4.41. The van der Waals surface area contributed by atoms with Crippen LogP contribution in [0.4, 0.5) is 17.1 Å². The average Bonchev–Trinajstić information content (AvgIpc) is 2.75. The topological polar surface area (TPSA) is 165 Å². The minimum atomic E-state index is -1.46. The van der Waals surface area contributed by atoms with Gasteiger partial charge >= 0.3 is 0 Å². The molecule has 0 N–H and O–H groups in total. The fourth-order valence-electron chi connectivity index (χ4n) is 2.63. The standard InChI is InChI=1S/C14H15N.C6H3N3O7/c1-2-7-13(8-3-1)9-6-11-14-10-4-5-12-15-14;10-6-4(8(13)14)1-3(7(11)12)2-5(6)9(15)16/h1-5,7-8,10,12H,6,9,11H2;1-2,10H/p-1. The van der Waals surface area contributed by atoms with Crippen LogP contribution in [0.1, 0.15) is 17.7 Å². The van der Waals surface area contributed by atoms with E-state index in [1.165, 1.54) is 17.7 Å². The highest BCUT2D eigenvalue weighted by molar-refractivity contribution is 5.64. The van der Waals surface area contributed by atoms with E-state index in [1.807, 2.05) is 18.3 Å². The number of nitrogens with zero attached hydrogens (tertiary/aromatic N) is 4. The Bertz CT molecular complexity index is 985. The SMILES string of the molecule is O=[N+]([O-])c1cc([N+](=O)[O-])c([O-])c([N+](=O)[O-])c1.c1ccc(CCCc2ccccn2)cc1. The fourth-order valence-corrected chi connectivity index (χ4v) is 2.63. The second kappa shape index (κ2) is 11.0. The van der Waals surface area contributed by atoms with Gasteiger partial charge in [0.25, 0.3) is 17.1 Å². The molecule has 0 unspecified atom stereocenters. The maximum Gasteiger partial charge on any atom is 0.283 e. The molecule has 0 aliphatic carbocycles. The number of hydrogen-bond donors (Lipinski definition) is 0. The molecule has 0 saturated carbocycles. The lowest BCUT2D eigenvalue weighted by atomic mass is 10.1. The van der Waals surface area contributed by atoms with Crippen molar-refractivity contribution in [3.05, 3.63) is 108 Å². The number of benzene rings is 2. The van der Waals surface area contributed by atoms with E-state index in [2.05, 4.69) is 41.4 Å². The van der Waals surface area contributed by atoms with E-state index >= 15 is 0 Å². The summed E-state index contributed by atoms with van der Waals surface area (Å²) in [6.07, 6.45) is 5.23. The van der Waals surface area contributed by atoms with Gasteiger partial charge in [0, 0.05) is 11.9 Å². The summed E-state index contributed by atoms with van der Waals surface area (Å²) in [6.45, 7) is 0. The van der Waals surface area contributed by atoms with E-state index in [0.29, 0.717) is 12.1 Å². The Labute approximate surface area is 176 Å². The highest BCUT2D eigenvalue weighted by atomic mass is 16.6. The molecule has 2 aromatic carbocycles. The van der Waals surface area contributed by atoms with Gasteiger partial charge in [0.05, 0.1) is 32.7 Å². The zero-order valence-corrected chi connectivity index (χ0v) is 16.1. The average molecular weight is 425 g/mol. The predicted octanol–water partition coefficient (Wildman–Crippen LogP) is 3.74. The van der Waals surface area contributed by atoms with Gasteiger partial charge in [0.1, 0.15) is 0 Å². The lowest BCUT2D eigenvalue weighted by Crippen LogP contribution is -2.04. The van der Waals surface area contributed by atoms with Crippen LogP contribution in [-0.2, 0) is 12.8 Å². The molecule has 3 rings (SSSR count). The first kappa shape index (κ1) is 22.9. The summed E-state index contributed by atoms with van der Waals surface area (Å²) in [5.74, 6) is -1.46. The van der Waals surface area contributed by atoms with Crippen molar-refractivity contribution in [3.8, 4) is 5.75 Å². The maximum atomic E-state index is 11.1. The van der Waals surface area contributed by atoms with Crippen molar-refractivity contribution in [2.75, 3.05) is 0 Å². The van der Waals surface area contributed by atoms with Gasteiger partial charge in [-0.2, -0.15) is 0 Å². The van der Waals surface area contributed by atoms with Crippen molar-refractivity contribution in [2.45, 2.75) is 19.3 Å². The molecule has 0 bridgehead atoms. The van der Waals surface area contributed by atoms with Gasteiger partial charge in [0.15, 0.2) is 0 Å². The second-order valence-electron chi connectivity index (χ2n) is 6.24. The predicted molar refractivity (Wildman–Crippen MR) is 109 cm³/mol. The third-order valence-corrected chi connectivity index (χ3v) is 4.11. The van der Waals surface area contributed by atoms with Gasteiger partial charge in [-0.05, 0) is 37.0 Å². The number of non-ortho nitro benzene ring substituents is 1. The highest BCUT2D eigenvalue weighted by Gasteiger charge is 2.24. The van der Waals surface area contributed by atoms with Crippen LogP contribution in [0.2, 0.25) is 0 Å². The van der Waals surface area contributed by atoms with E-state index in [1.54, 1.807) is 0 Å². The molecule has 11 nitrogen and oxygen atoms in total. The molecule has 0 amide bonds. The molecule has 0 saturated heterocycles. The minimum Gasteiger partial charge on any atom is -0.863 e. The second-order valence-corrected chi connectivity index (χ2v) is 6.24. The van der Waals surface area contributed by atoms with Gasteiger partial charge < -0.3 is 5.11 Å². The zero-order valence-electron chi connectivity index (χ0n) is 16.1. The van der Waals surface area contributed by atoms with Crippen LogP contribution in [-0.4, -0.2) is 19.8 Å². The molecule has 3 aromatic rings. The van der Waals surface area contributed by atoms with Gasteiger partial charge in [0.2, 0.25) is 0 Å². The van der Waals surface area contributed by atoms with Gasteiger partial charge in [-0.1, -0.05) is 36.4 Å². The Morgan fingerprint density at radius 2 is 1.32 bits per heavy atom. The first-order valence-electron chi connectivity index (χ1n) is 9.01. The Morgan fingerprint density at radius 3 is 1.81 bits per heavy atom. The van der Waals surface area contributed by atoms with Crippen LogP contribution in [0.25, 0.3) is 0 Å². The van der Waals surface area contributed by atoms with Crippen molar-refractivity contribution in [2.24, 2.45) is 0 Å². The molecule has 0 aliphatic rings. The van der Waals surface area contributed by atoms with Crippen LogP contribution in [0.15, 0.2) is 66.9 Å². The molecule has 1 heterocycles. The minimum absolute atomic E-state index is 0.384. The lowest BCUT2D eigenvalue weighted by molar-refractivity contribution is -0.420. The normalized spacial score (nSPS) is 9.94. The summed E-state index contributed by atoms with van der Waals surface area (Å²) in [4.78, 5) is 31.8. The Kier molecular flexibility index (Phi) is 8.08. The van der Waals surface area contributed by atoms with Crippen LogP contribution in [0.3, 0.4) is 0 Å². The molecule has 0 spiro atoms. The molecular weight excluding hydrogens is 408 g/mol. The van der Waals surface area contributed by atoms with Crippen molar-refractivity contribution >= 4 is 17.1 Å². The number of nitro benzene ring substituents is 3. The molecule has 31 heavy (non-hydrogen) atoms. The third-order valence-electron chi connectivity index (χ3n) is 4.11. The first-order valence-corrected chi connectivity index (χ1v) is 9.01. The number of rotatable bonds is 7. The van der Waals surface area contributed by atoms with Gasteiger partial charge in [-0.3, -0.25) is 35.3 Å². The van der Waals surface area contributed by atoms with Crippen LogP contribution >= 0.6 is 0 Å². The third kappa shape index (κ3) is 6.85. The molecular formula is C20H17N4O7-. The van der Waals surface area contributed by atoms with E-state index < -0.39 is 37.6 Å². The van der Waals surface area contributed by atoms with E-state index in [0.717, 1.165) is 12.8 Å². The van der Waals surface area contributed by atoms with Crippen molar-refractivity contribution in [1.82, 2.24) is 4.98 Å². The number of aryl methyl sites for hydroxylation is 2. The smallest absolute Gasteiger partial charge is 0.283 e. The molecule has 0 aliphatic heterocycles. The first-order chi connectivity index (χ1) is 14.8. The molecule has 1 aromatic heterocycles. The summed E-state index contributed by atoms with van der Waals surface area (Å²) in [6, 6.07) is 17.5. The molecule has 160 valence electrons. The summed E-state index contributed by atoms with van der Waals surface area (Å²) >= 11 is 0. The van der Waals surface area contributed by atoms with Crippen molar-refractivity contribution < 1.29 is 19.9 Å². The quantitative estimate of drug-likeness (QED) is 0.407. The number of hydrogen-bond acceptors (Lipinski definition) is 8. The molecule has 0 atom stereocenters. The maximum absolute atomic E-state index is 11.1. The van der Waals surface area contributed by atoms with Crippen LogP contribution in [0.5, 0.6) is 5.75 Å². The van der Waals surface area contributed by atoms with Gasteiger partial charge in [-0.25, -0.2) is 0 Å². The summed E-state index contributed by atoms with van der Waals surface area (Å²) in [5, 5.41) is 42.1. The molecule has 0 radical (unpaired) electrons. The summed E-state index contributed by atoms with van der Waals surface area (Å²) in [5.41, 5.74) is -0.665. The van der Waals surface area contributed by atoms with Crippen molar-refractivity contribution in [3.63, 3.8) is 0 Å². The van der Waals surface area contributed by atoms with Crippen LogP contribution in [0, 0.1) is 30.3 Å². The monoisotopic (exact) mass is 425 g/mol. The zero-order chi connectivity index (χ0) is 22.8. The number of nitro groups is 3. The van der Waals surface area contributed by atoms with E-state index in [4.69, 9.17) is 0 Å². The van der Waals surface area contributed by atoms with Crippen LogP contribution < -0.4 is 5.11 Å². The van der Waals surface area contributed by atoms with Gasteiger partial charge in [-0.15, -0.1) is 0 Å². The summed E-state index contributed by atoms with van der Waals surface area (Å²) < 4.78 is 0. The Balaban J connectivity index is 0.000000220. The molecule has 11 heteroatoms. The van der Waals surface area contributed by atoms with E-state index in [-0.39, 0.29) is 0 Å². The number of aromatic nitrogens is 1. The number of pyridine rings is 1. The summed E-state index contributed by atoms with van der Waals surface area (Å²) in [7, 11) is 0. The fraction of sp³-hybridized carbons (Fsp3) is 0.150. The largest absolute Gasteiger partial charge is 0.863 e.